The van der Waals surface area contributed by atoms with Gasteiger partial charge in [0.05, 0.1) is 12.6 Å². The first-order valence-electron chi connectivity index (χ1n) is 8.09. The molecule has 1 heterocycles. The second-order valence-electron chi connectivity index (χ2n) is 6.00. The first-order valence-corrected chi connectivity index (χ1v) is 8.47. The fourth-order valence-electron chi connectivity index (χ4n) is 2.71. The molecule has 0 saturated heterocycles. The first-order chi connectivity index (χ1) is 12.5. The number of carbonyl (C=O) groups is 1. The molecule has 3 rings (SSSR count). The standard InChI is InChI=1S/C20H18ClFN2O2/c1-13(25)24(11-14-3-5-17(22)6-4-14)12-16-9-15-10-18(26-2)7-8-19(15)23-20(16)21/h3-10H,11-12H2,1-2H3. The van der Waals surface area contributed by atoms with Gasteiger partial charge in [-0.3, -0.25) is 4.79 Å². The van der Waals surface area contributed by atoms with E-state index in [1.54, 1.807) is 24.1 Å². The number of ether oxygens (including phenoxy) is 1. The molecule has 3 aromatic rings. The van der Waals surface area contributed by atoms with Crippen molar-refractivity contribution in [2.45, 2.75) is 20.0 Å². The number of benzene rings is 2. The monoisotopic (exact) mass is 372 g/mol. The summed E-state index contributed by atoms with van der Waals surface area (Å²) >= 11 is 6.32. The number of rotatable bonds is 5. The van der Waals surface area contributed by atoms with E-state index in [1.165, 1.54) is 19.1 Å². The van der Waals surface area contributed by atoms with Gasteiger partial charge in [-0.2, -0.15) is 0 Å². The van der Waals surface area contributed by atoms with Crippen molar-refractivity contribution in [3.05, 3.63) is 70.6 Å². The molecule has 0 saturated carbocycles. The van der Waals surface area contributed by atoms with Gasteiger partial charge >= 0.3 is 0 Å². The Morgan fingerprint density at radius 3 is 2.54 bits per heavy atom. The van der Waals surface area contributed by atoms with Crippen molar-refractivity contribution < 1.29 is 13.9 Å². The fourth-order valence-corrected chi connectivity index (χ4v) is 2.91. The van der Waals surface area contributed by atoms with Gasteiger partial charge in [0.15, 0.2) is 0 Å². The van der Waals surface area contributed by atoms with Gasteiger partial charge < -0.3 is 9.64 Å². The molecule has 0 aliphatic heterocycles. The summed E-state index contributed by atoms with van der Waals surface area (Å²) < 4.78 is 18.3. The summed E-state index contributed by atoms with van der Waals surface area (Å²) in [6, 6.07) is 13.5. The Labute approximate surface area is 156 Å². The van der Waals surface area contributed by atoms with Crippen LogP contribution in [0.25, 0.3) is 10.9 Å². The van der Waals surface area contributed by atoms with E-state index in [-0.39, 0.29) is 11.7 Å². The van der Waals surface area contributed by atoms with Gasteiger partial charge in [0.25, 0.3) is 0 Å². The van der Waals surface area contributed by atoms with Crippen LogP contribution in [0.3, 0.4) is 0 Å². The van der Waals surface area contributed by atoms with Crippen molar-refractivity contribution in [2.24, 2.45) is 0 Å². The Bertz CT molecular complexity index is 944. The largest absolute Gasteiger partial charge is 0.497 e. The summed E-state index contributed by atoms with van der Waals surface area (Å²) in [5.74, 6) is 0.317. The van der Waals surface area contributed by atoms with Crippen molar-refractivity contribution in [2.75, 3.05) is 7.11 Å². The molecule has 0 aliphatic rings. The van der Waals surface area contributed by atoms with Crippen LogP contribution in [-0.4, -0.2) is 22.9 Å². The molecule has 6 heteroatoms. The molecular weight excluding hydrogens is 355 g/mol. The zero-order chi connectivity index (χ0) is 18.7. The molecule has 1 amide bonds. The number of pyridine rings is 1. The Morgan fingerprint density at radius 2 is 1.88 bits per heavy atom. The molecule has 0 fully saturated rings. The van der Waals surface area contributed by atoms with Crippen LogP contribution in [0, 0.1) is 5.82 Å². The van der Waals surface area contributed by atoms with Crippen LogP contribution in [0.2, 0.25) is 5.15 Å². The number of hydrogen-bond donors (Lipinski definition) is 0. The molecule has 4 nitrogen and oxygen atoms in total. The summed E-state index contributed by atoms with van der Waals surface area (Å²) in [7, 11) is 1.60. The Kier molecular flexibility index (Phi) is 5.38. The van der Waals surface area contributed by atoms with Gasteiger partial charge in [0.1, 0.15) is 16.7 Å². The maximum Gasteiger partial charge on any atom is 0.220 e. The van der Waals surface area contributed by atoms with Crippen molar-refractivity contribution in [3.63, 3.8) is 0 Å². The van der Waals surface area contributed by atoms with E-state index in [0.29, 0.717) is 18.2 Å². The molecule has 0 radical (unpaired) electrons. The lowest BCUT2D eigenvalue weighted by Crippen LogP contribution is -2.27. The van der Waals surface area contributed by atoms with Crippen LogP contribution in [-0.2, 0) is 17.9 Å². The third kappa shape index (κ3) is 4.11. The molecule has 0 spiro atoms. The van der Waals surface area contributed by atoms with Crippen molar-refractivity contribution in [3.8, 4) is 5.75 Å². The average molecular weight is 373 g/mol. The molecule has 134 valence electrons. The molecule has 26 heavy (non-hydrogen) atoms. The van der Waals surface area contributed by atoms with Gasteiger partial charge in [-0.05, 0) is 42.0 Å². The van der Waals surface area contributed by atoms with E-state index in [2.05, 4.69) is 4.98 Å². The highest BCUT2D eigenvalue weighted by atomic mass is 35.5. The number of hydrogen-bond acceptors (Lipinski definition) is 3. The third-order valence-corrected chi connectivity index (χ3v) is 4.47. The lowest BCUT2D eigenvalue weighted by Gasteiger charge is -2.22. The number of nitrogens with zero attached hydrogens (tertiary/aromatic N) is 2. The summed E-state index contributed by atoms with van der Waals surface area (Å²) in [6.07, 6.45) is 0. The van der Waals surface area contributed by atoms with Crippen LogP contribution < -0.4 is 4.74 Å². The van der Waals surface area contributed by atoms with Gasteiger partial charge in [-0.1, -0.05) is 23.7 Å². The minimum atomic E-state index is -0.307. The molecule has 1 aromatic heterocycles. The van der Waals surface area contributed by atoms with E-state index in [1.807, 2.05) is 24.3 Å². The maximum atomic E-state index is 13.1. The Balaban J connectivity index is 1.89. The van der Waals surface area contributed by atoms with Crippen LogP contribution in [0.1, 0.15) is 18.1 Å². The van der Waals surface area contributed by atoms with Gasteiger partial charge in [-0.15, -0.1) is 0 Å². The molecule has 0 aliphatic carbocycles. The Hall–Kier alpha value is -2.66. The SMILES string of the molecule is COc1ccc2nc(Cl)c(CN(Cc3ccc(F)cc3)C(C)=O)cc2c1. The fraction of sp³-hybridized carbons (Fsp3) is 0.200. The predicted molar refractivity (Wildman–Crippen MR) is 99.6 cm³/mol. The highest BCUT2D eigenvalue weighted by Gasteiger charge is 2.14. The minimum absolute atomic E-state index is 0.101. The zero-order valence-corrected chi connectivity index (χ0v) is 15.3. The highest BCUT2D eigenvalue weighted by molar-refractivity contribution is 6.30. The van der Waals surface area contributed by atoms with E-state index in [0.717, 1.165) is 27.8 Å². The second kappa shape index (κ2) is 7.70. The number of methoxy groups -OCH3 is 1. The number of carbonyl (C=O) groups excluding carboxylic acids is 1. The molecule has 0 N–H and O–H groups in total. The van der Waals surface area contributed by atoms with Crippen LogP contribution >= 0.6 is 11.6 Å². The lowest BCUT2D eigenvalue weighted by molar-refractivity contribution is -0.130. The third-order valence-electron chi connectivity index (χ3n) is 4.14. The average Bonchev–Trinajstić information content (AvgIpc) is 2.63. The van der Waals surface area contributed by atoms with Gasteiger partial charge in [0.2, 0.25) is 5.91 Å². The van der Waals surface area contributed by atoms with Crippen LogP contribution in [0.5, 0.6) is 5.75 Å². The van der Waals surface area contributed by atoms with Crippen molar-refractivity contribution in [1.29, 1.82) is 0 Å². The number of amides is 1. The molecular formula is C20H18ClFN2O2. The summed E-state index contributed by atoms with van der Waals surface area (Å²) in [4.78, 5) is 18.1. The first kappa shape index (κ1) is 18.1. The smallest absolute Gasteiger partial charge is 0.220 e. The van der Waals surface area contributed by atoms with Gasteiger partial charge in [0, 0.05) is 31.0 Å². The van der Waals surface area contributed by atoms with E-state index in [4.69, 9.17) is 16.3 Å². The molecule has 0 unspecified atom stereocenters. The number of halogens is 2. The predicted octanol–water partition coefficient (Wildman–Crippen LogP) is 4.58. The zero-order valence-electron chi connectivity index (χ0n) is 14.5. The normalized spacial score (nSPS) is 10.8. The molecule has 2 aromatic carbocycles. The minimum Gasteiger partial charge on any atom is -0.497 e. The van der Waals surface area contributed by atoms with Crippen molar-refractivity contribution >= 4 is 28.4 Å². The summed E-state index contributed by atoms with van der Waals surface area (Å²) in [5.41, 5.74) is 2.34. The Morgan fingerprint density at radius 1 is 1.15 bits per heavy atom. The summed E-state index contributed by atoms with van der Waals surface area (Å²) in [5, 5.41) is 1.24. The quantitative estimate of drug-likeness (QED) is 0.615. The lowest BCUT2D eigenvalue weighted by atomic mass is 10.1. The number of aromatic nitrogens is 1. The topological polar surface area (TPSA) is 42.4 Å². The van der Waals surface area contributed by atoms with E-state index in [9.17, 15) is 9.18 Å². The second-order valence-corrected chi connectivity index (χ2v) is 6.36. The van der Waals surface area contributed by atoms with Crippen LogP contribution in [0.15, 0.2) is 48.5 Å². The van der Waals surface area contributed by atoms with Gasteiger partial charge in [-0.25, -0.2) is 9.37 Å². The maximum absolute atomic E-state index is 13.1. The number of fused-ring (bicyclic) bond motifs is 1. The highest BCUT2D eigenvalue weighted by Crippen LogP contribution is 2.25. The van der Waals surface area contributed by atoms with E-state index >= 15 is 0 Å². The molecule has 0 bridgehead atoms. The van der Waals surface area contributed by atoms with Crippen molar-refractivity contribution in [1.82, 2.24) is 9.88 Å². The van der Waals surface area contributed by atoms with Crippen LogP contribution in [0.4, 0.5) is 4.39 Å². The summed E-state index contributed by atoms with van der Waals surface area (Å²) in [6.45, 7) is 2.17. The van der Waals surface area contributed by atoms with E-state index < -0.39 is 0 Å². The molecule has 0 atom stereocenters.